The third-order valence-electron chi connectivity index (χ3n) is 1.48. The van der Waals surface area contributed by atoms with Crippen molar-refractivity contribution in [1.29, 1.82) is 0 Å². The van der Waals surface area contributed by atoms with Crippen molar-refractivity contribution in [1.82, 2.24) is 5.10 Å². The molecule has 18 heavy (non-hydrogen) atoms. The fourth-order valence-corrected chi connectivity index (χ4v) is 0.749. The van der Waals surface area contributed by atoms with Gasteiger partial charge >= 0.3 is 11.9 Å². The summed E-state index contributed by atoms with van der Waals surface area (Å²) < 4.78 is 4.42. The third-order valence-corrected chi connectivity index (χ3v) is 1.48. The molecular weight excluding hydrogens is 246 g/mol. The average Bonchev–Trinajstić information content (AvgIpc) is 2.72. The SMILES string of the molecule is COC(=O)c1c[nH+][nH]c1N.O=C([O-])C=CC(=O)O. The summed E-state index contributed by atoms with van der Waals surface area (Å²) in [7, 11) is 1.30. The molecule has 0 aromatic carbocycles. The van der Waals surface area contributed by atoms with Crippen molar-refractivity contribution in [2.24, 2.45) is 0 Å². The van der Waals surface area contributed by atoms with Gasteiger partial charge in [-0.3, -0.25) is 0 Å². The van der Waals surface area contributed by atoms with Crippen LogP contribution in [0.5, 0.6) is 0 Å². The van der Waals surface area contributed by atoms with E-state index in [1.807, 2.05) is 0 Å². The minimum absolute atomic E-state index is 0.284. The van der Waals surface area contributed by atoms with Crippen LogP contribution in [0, 0.1) is 0 Å². The highest BCUT2D eigenvalue weighted by atomic mass is 16.5. The van der Waals surface area contributed by atoms with Crippen LogP contribution in [0.3, 0.4) is 0 Å². The van der Waals surface area contributed by atoms with E-state index >= 15 is 0 Å². The van der Waals surface area contributed by atoms with Crippen LogP contribution in [0.1, 0.15) is 10.4 Å². The highest BCUT2D eigenvalue weighted by Gasteiger charge is 2.14. The third kappa shape index (κ3) is 5.90. The Kier molecular flexibility index (Phi) is 6.26. The summed E-state index contributed by atoms with van der Waals surface area (Å²) in [6, 6.07) is 0. The van der Waals surface area contributed by atoms with E-state index in [-0.39, 0.29) is 5.82 Å². The van der Waals surface area contributed by atoms with Gasteiger partial charge in [0.1, 0.15) is 0 Å². The number of hydrogen-bond donors (Lipinski definition) is 3. The number of carbonyl (C=O) groups is 3. The number of carbonyl (C=O) groups excluding carboxylic acids is 2. The number of aliphatic carboxylic acids is 2. The highest BCUT2D eigenvalue weighted by molar-refractivity contribution is 5.93. The topological polar surface area (TPSA) is 160 Å². The van der Waals surface area contributed by atoms with Gasteiger partial charge in [-0.05, 0) is 6.08 Å². The monoisotopic (exact) mass is 257 g/mol. The highest BCUT2D eigenvalue weighted by Crippen LogP contribution is 2.03. The van der Waals surface area contributed by atoms with Gasteiger partial charge in [-0.1, -0.05) is 0 Å². The van der Waals surface area contributed by atoms with Gasteiger partial charge in [0.05, 0.1) is 13.1 Å². The van der Waals surface area contributed by atoms with Crippen LogP contribution in [0.25, 0.3) is 0 Å². The number of ether oxygens (including phenoxy) is 1. The Morgan fingerprint density at radius 1 is 1.50 bits per heavy atom. The first kappa shape index (κ1) is 15.2. The number of nitrogens with one attached hydrogen (secondary N) is 2. The Balaban J connectivity index is 0.000000331. The molecule has 1 rings (SSSR count). The average molecular weight is 257 g/mol. The molecule has 5 N–H and O–H groups in total. The molecule has 1 aromatic heterocycles. The minimum Gasteiger partial charge on any atom is -0.545 e. The lowest BCUT2D eigenvalue weighted by Crippen LogP contribution is -2.19. The Morgan fingerprint density at radius 2 is 2.11 bits per heavy atom. The summed E-state index contributed by atoms with van der Waals surface area (Å²) in [5.74, 6) is -2.97. The van der Waals surface area contributed by atoms with Gasteiger partial charge in [-0.15, -0.1) is 5.10 Å². The zero-order chi connectivity index (χ0) is 14.1. The van der Waals surface area contributed by atoms with E-state index in [0.29, 0.717) is 17.7 Å². The number of hydrogen-bond acceptors (Lipinski definition) is 6. The summed E-state index contributed by atoms with van der Waals surface area (Å²) >= 11 is 0. The molecule has 1 aromatic rings. The number of methoxy groups -OCH3 is 1. The molecule has 0 saturated heterocycles. The quantitative estimate of drug-likeness (QED) is 0.401. The van der Waals surface area contributed by atoms with Gasteiger partial charge in [0.25, 0.3) is 0 Å². The number of esters is 1. The number of rotatable bonds is 3. The first-order valence-electron chi connectivity index (χ1n) is 4.43. The van der Waals surface area contributed by atoms with Crippen molar-refractivity contribution in [3.05, 3.63) is 23.9 Å². The molecule has 0 bridgehead atoms. The van der Waals surface area contributed by atoms with Crippen LogP contribution in [0.15, 0.2) is 18.3 Å². The van der Waals surface area contributed by atoms with Gasteiger partial charge < -0.3 is 25.5 Å². The fraction of sp³-hybridized carbons (Fsp3) is 0.111. The second-order valence-corrected chi connectivity index (χ2v) is 2.72. The number of carboxylic acid groups (broad SMARTS) is 2. The molecule has 0 saturated carbocycles. The molecule has 9 nitrogen and oxygen atoms in total. The van der Waals surface area contributed by atoms with Gasteiger partial charge in [0.2, 0.25) is 6.20 Å². The van der Waals surface area contributed by atoms with Crippen LogP contribution in [0.2, 0.25) is 0 Å². The van der Waals surface area contributed by atoms with E-state index < -0.39 is 17.9 Å². The number of H-pyrrole nitrogens is 2. The Hall–Kier alpha value is -2.84. The summed E-state index contributed by atoms with van der Waals surface area (Å²) in [6.45, 7) is 0. The summed E-state index contributed by atoms with van der Waals surface area (Å²) in [4.78, 5) is 29.7. The number of aromatic nitrogens is 2. The van der Waals surface area contributed by atoms with Crippen molar-refractivity contribution >= 4 is 23.7 Å². The standard InChI is InChI=1S/C5H7N3O2.C4H4O4/c1-10-5(9)3-2-7-8-4(3)6;5-3(6)1-2-4(7)8/h2H,1H3,(H3,6,7,8);1-2H,(H,5,6)(H,7,8). The zero-order valence-corrected chi connectivity index (χ0v) is 9.30. The molecule has 0 spiro atoms. The van der Waals surface area contributed by atoms with E-state index in [4.69, 9.17) is 10.8 Å². The molecule has 0 aliphatic rings. The van der Waals surface area contributed by atoms with Crippen molar-refractivity contribution in [2.45, 2.75) is 0 Å². The van der Waals surface area contributed by atoms with Crippen LogP contribution >= 0.6 is 0 Å². The number of anilines is 1. The van der Waals surface area contributed by atoms with Crippen LogP contribution in [-0.4, -0.2) is 35.2 Å². The van der Waals surface area contributed by atoms with Crippen molar-refractivity contribution in [3.63, 3.8) is 0 Å². The Morgan fingerprint density at radius 3 is 2.39 bits per heavy atom. The Labute approximate surface area is 101 Å². The van der Waals surface area contributed by atoms with Gasteiger partial charge in [0, 0.05) is 6.08 Å². The second kappa shape index (κ2) is 7.44. The largest absolute Gasteiger partial charge is 0.545 e. The lowest BCUT2D eigenvalue weighted by molar-refractivity contribution is -0.447. The fourth-order valence-electron chi connectivity index (χ4n) is 0.749. The Bertz CT molecular complexity index is 449. The molecule has 0 unspecified atom stereocenters. The van der Waals surface area contributed by atoms with E-state index in [1.54, 1.807) is 0 Å². The number of aromatic amines is 2. The number of carboxylic acids is 2. The summed E-state index contributed by atoms with van der Waals surface area (Å²) in [5, 5.41) is 22.3. The smallest absolute Gasteiger partial charge is 0.348 e. The molecule has 98 valence electrons. The van der Waals surface area contributed by atoms with Gasteiger partial charge in [-0.25, -0.2) is 9.59 Å². The van der Waals surface area contributed by atoms with Crippen molar-refractivity contribution in [3.8, 4) is 0 Å². The molecule has 0 aliphatic carbocycles. The molecule has 0 fully saturated rings. The van der Waals surface area contributed by atoms with Gasteiger partial charge in [-0.2, -0.15) is 5.10 Å². The molecule has 0 radical (unpaired) electrons. The van der Waals surface area contributed by atoms with Gasteiger partial charge in [0.15, 0.2) is 11.4 Å². The second-order valence-electron chi connectivity index (χ2n) is 2.72. The van der Waals surface area contributed by atoms with Crippen molar-refractivity contribution in [2.75, 3.05) is 12.8 Å². The first-order valence-corrected chi connectivity index (χ1v) is 4.43. The van der Waals surface area contributed by atoms with E-state index in [1.165, 1.54) is 13.3 Å². The maximum atomic E-state index is 10.8. The first-order chi connectivity index (χ1) is 8.38. The van der Waals surface area contributed by atoms with Crippen LogP contribution in [-0.2, 0) is 14.3 Å². The lowest BCUT2D eigenvalue weighted by Gasteiger charge is -1.91. The molecular formula is C9H11N3O6. The minimum atomic E-state index is -1.51. The van der Waals surface area contributed by atoms with E-state index in [9.17, 15) is 19.5 Å². The maximum absolute atomic E-state index is 10.8. The van der Waals surface area contributed by atoms with Crippen LogP contribution < -0.4 is 15.9 Å². The summed E-state index contributed by atoms with van der Waals surface area (Å²) in [5.41, 5.74) is 5.65. The summed E-state index contributed by atoms with van der Waals surface area (Å²) in [6.07, 6.45) is 2.39. The van der Waals surface area contributed by atoms with Crippen molar-refractivity contribution < 1.29 is 34.4 Å². The molecule has 0 aliphatic heterocycles. The molecule has 1 heterocycles. The lowest BCUT2D eigenvalue weighted by atomic mass is 10.3. The van der Waals surface area contributed by atoms with Crippen LogP contribution in [0.4, 0.5) is 5.82 Å². The predicted molar refractivity (Wildman–Crippen MR) is 54.9 cm³/mol. The predicted octanol–water partition coefficient (Wildman–Crippen LogP) is -2.43. The number of nitrogen functional groups attached to an aromatic ring is 1. The molecule has 0 atom stereocenters. The van der Waals surface area contributed by atoms with E-state index in [0.717, 1.165) is 0 Å². The molecule has 0 amide bonds. The maximum Gasteiger partial charge on any atom is 0.348 e. The van der Waals surface area contributed by atoms with E-state index in [2.05, 4.69) is 14.9 Å². The normalized spacial score (nSPS) is 9.39. The molecule has 9 heteroatoms. The number of nitrogens with two attached hydrogens (primary N) is 1. The zero-order valence-electron chi connectivity index (χ0n) is 9.30.